The number of nitrogens with zero attached hydrogens (tertiary/aromatic N) is 3. The van der Waals surface area contributed by atoms with Crippen LogP contribution in [0.15, 0.2) is 42.2 Å². The van der Waals surface area contributed by atoms with Crippen molar-refractivity contribution in [1.82, 2.24) is 20.2 Å². The third kappa shape index (κ3) is 3.27. The van der Waals surface area contributed by atoms with Crippen LogP contribution < -0.4 is 11.1 Å². The Morgan fingerprint density at radius 3 is 2.74 bits per heavy atom. The highest BCUT2D eigenvalue weighted by atomic mass is 32.1. The Bertz CT molecular complexity index is 1180. The first-order chi connectivity index (χ1) is 13.0. The van der Waals surface area contributed by atoms with Crippen LogP contribution in [-0.4, -0.2) is 32.0 Å². The van der Waals surface area contributed by atoms with E-state index in [2.05, 4.69) is 25.5 Å². The molecule has 0 radical (unpaired) electrons. The number of rotatable bonds is 4. The lowest BCUT2D eigenvalue weighted by molar-refractivity contribution is 0.0997. The third-order valence-electron chi connectivity index (χ3n) is 4.01. The first-order valence-corrected chi connectivity index (χ1v) is 8.85. The van der Waals surface area contributed by atoms with Gasteiger partial charge >= 0.3 is 0 Å². The normalized spacial score (nSPS) is 10.9. The molecule has 0 saturated carbocycles. The molecule has 3 aromatic heterocycles. The van der Waals surface area contributed by atoms with Crippen LogP contribution in [0, 0.1) is 6.92 Å². The molecule has 0 bridgehead atoms. The van der Waals surface area contributed by atoms with Crippen LogP contribution in [0.5, 0.6) is 0 Å². The number of H-pyrrole nitrogens is 1. The molecule has 0 spiro atoms. The molecule has 1 aromatic carbocycles. The summed E-state index contributed by atoms with van der Waals surface area (Å²) in [6.07, 6.45) is 4.67. The molecule has 0 aliphatic carbocycles. The average Bonchev–Trinajstić information content (AvgIpc) is 3.30. The minimum absolute atomic E-state index is 0.303. The highest BCUT2D eigenvalue weighted by molar-refractivity contribution is 7.09. The van der Waals surface area contributed by atoms with Gasteiger partial charge in [0, 0.05) is 28.7 Å². The zero-order chi connectivity index (χ0) is 19.0. The van der Waals surface area contributed by atoms with Gasteiger partial charge < -0.3 is 11.1 Å². The Kier molecular flexibility index (Phi) is 4.13. The lowest BCUT2D eigenvalue weighted by Gasteiger charge is -2.09. The summed E-state index contributed by atoms with van der Waals surface area (Å²) in [7, 11) is 0. The van der Waals surface area contributed by atoms with Crippen molar-refractivity contribution in [3.05, 3.63) is 58.4 Å². The predicted molar refractivity (Wildman–Crippen MR) is 103 cm³/mol. The van der Waals surface area contributed by atoms with Gasteiger partial charge in [-0.2, -0.15) is 5.10 Å². The number of hydrogen-bond donors (Lipinski definition) is 3. The number of aryl methyl sites for hydroxylation is 1. The van der Waals surface area contributed by atoms with Gasteiger partial charge in [0.15, 0.2) is 0 Å². The number of benzene rings is 1. The maximum Gasteiger partial charge on any atom is 0.275 e. The van der Waals surface area contributed by atoms with E-state index in [4.69, 9.17) is 5.73 Å². The summed E-state index contributed by atoms with van der Waals surface area (Å²) in [5.74, 6) is -0.859. The van der Waals surface area contributed by atoms with Crippen LogP contribution in [0.4, 0.5) is 5.69 Å². The Labute approximate surface area is 157 Å². The van der Waals surface area contributed by atoms with Crippen LogP contribution in [0.1, 0.15) is 25.9 Å². The lowest BCUT2D eigenvalue weighted by atomic mass is 10.0. The molecule has 0 fully saturated rings. The molecule has 0 unspecified atom stereocenters. The molecule has 0 saturated heterocycles. The van der Waals surface area contributed by atoms with Gasteiger partial charge in [-0.25, -0.2) is 4.98 Å². The van der Waals surface area contributed by atoms with Crippen molar-refractivity contribution in [3.8, 4) is 11.1 Å². The van der Waals surface area contributed by atoms with Crippen molar-refractivity contribution in [1.29, 1.82) is 0 Å². The van der Waals surface area contributed by atoms with Crippen molar-refractivity contribution in [2.75, 3.05) is 5.32 Å². The number of fused-ring (bicyclic) bond motifs is 1. The Morgan fingerprint density at radius 1 is 1.15 bits per heavy atom. The van der Waals surface area contributed by atoms with E-state index < -0.39 is 5.91 Å². The summed E-state index contributed by atoms with van der Waals surface area (Å²) in [6.45, 7) is 1.84. The minimum Gasteiger partial charge on any atom is -0.366 e. The van der Waals surface area contributed by atoms with Crippen LogP contribution in [-0.2, 0) is 0 Å². The summed E-state index contributed by atoms with van der Waals surface area (Å²) in [4.78, 5) is 32.2. The summed E-state index contributed by atoms with van der Waals surface area (Å²) in [6, 6.07) is 5.33. The van der Waals surface area contributed by atoms with Crippen molar-refractivity contribution < 1.29 is 9.59 Å². The van der Waals surface area contributed by atoms with Gasteiger partial charge in [0.1, 0.15) is 5.69 Å². The van der Waals surface area contributed by atoms with E-state index in [-0.39, 0.29) is 5.91 Å². The highest BCUT2D eigenvalue weighted by Gasteiger charge is 2.14. The molecule has 134 valence electrons. The van der Waals surface area contributed by atoms with Crippen LogP contribution >= 0.6 is 11.3 Å². The van der Waals surface area contributed by atoms with Crippen LogP contribution in [0.25, 0.3) is 22.0 Å². The largest absolute Gasteiger partial charge is 0.366 e. The van der Waals surface area contributed by atoms with E-state index in [1.807, 2.05) is 13.0 Å². The van der Waals surface area contributed by atoms with Gasteiger partial charge in [-0.3, -0.25) is 19.7 Å². The van der Waals surface area contributed by atoms with E-state index in [0.717, 1.165) is 21.5 Å². The van der Waals surface area contributed by atoms with Crippen molar-refractivity contribution in [3.63, 3.8) is 0 Å². The van der Waals surface area contributed by atoms with E-state index in [0.29, 0.717) is 22.5 Å². The number of aromatic amines is 1. The van der Waals surface area contributed by atoms with Gasteiger partial charge in [-0.05, 0) is 30.7 Å². The fourth-order valence-electron chi connectivity index (χ4n) is 2.71. The fraction of sp³-hybridized carbons (Fsp3) is 0.0556. The molecule has 4 aromatic rings. The monoisotopic (exact) mass is 378 g/mol. The van der Waals surface area contributed by atoms with Crippen molar-refractivity contribution in [2.24, 2.45) is 5.73 Å². The number of carbonyl (C=O) groups is 2. The topological polar surface area (TPSA) is 127 Å². The molecule has 8 nitrogen and oxygen atoms in total. The molecular weight excluding hydrogens is 364 g/mol. The maximum absolute atomic E-state index is 12.5. The summed E-state index contributed by atoms with van der Waals surface area (Å²) in [5, 5.41) is 13.1. The Morgan fingerprint density at radius 2 is 2.00 bits per heavy atom. The van der Waals surface area contributed by atoms with E-state index in [9.17, 15) is 9.59 Å². The van der Waals surface area contributed by atoms with Gasteiger partial charge in [-0.1, -0.05) is 0 Å². The number of carbonyl (C=O) groups excluding carboxylic acids is 2. The second-order valence-corrected chi connectivity index (χ2v) is 6.95. The molecule has 9 heteroatoms. The van der Waals surface area contributed by atoms with E-state index in [1.54, 1.807) is 29.9 Å². The SMILES string of the molecule is Cc1nc(C(=O)Nc2cc(-c3cncc(C(N)=O)c3)cc3[nH]ncc23)cs1. The third-order valence-corrected chi connectivity index (χ3v) is 4.79. The van der Waals surface area contributed by atoms with Crippen LogP contribution in [0.3, 0.4) is 0 Å². The summed E-state index contributed by atoms with van der Waals surface area (Å²) in [5.41, 5.74) is 8.77. The maximum atomic E-state index is 12.5. The molecular formula is C18H14N6O2S. The number of anilines is 1. The lowest BCUT2D eigenvalue weighted by Crippen LogP contribution is -2.12. The first-order valence-electron chi connectivity index (χ1n) is 7.97. The predicted octanol–water partition coefficient (Wildman–Crippen LogP) is 2.74. The van der Waals surface area contributed by atoms with Crippen molar-refractivity contribution in [2.45, 2.75) is 6.92 Å². The number of pyridine rings is 1. The second kappa shape index (κ2) is 6.61. The van der Waals surface area contributed by atoms with E-state index in [1.165, 1.54) is 17.5 Å². The van der Waals surface area contributed by atoms with Crippen molar-refractivity contribution >= 4 is 39.7 Å². The average molecular weight is 378 g/mol. The number of nitrogens with one attached hydrogen (secondary N) is 2. The standard InChI is InChI=1S/C18H14N6O2S/c1-9-22-16(8-27-9)18(26)23-14-3-10(4-15-13(14)7-21-24-15)11-2-12(17(19)25)6-20-5-11/h2-8H,1H3,(H2,19,25)(H,21,24)(H,23,26). The Balaban J connectivity index is 1.77. The van der Waals surface area contributed by atoms with Gasteiger partial charge in [0.05, 0.1) is 28.0 Å². The summed E-state index contributed by atoms with van der Waals surface area (Å²) < 4.78 is 0. The first kappa shape index (κ1) is 16.9. The van der Waals surface area contributed by atoms with E-state index >= 15 is 0 Å². The molecule has 3 heterocycles. The molecule has 4 N–H and O–H groups in total. The highest BCUT2D eigenvalue weighted by Crippen LogP contribution is 2.30. The number of nitrogens with two attached hydrogens (primary N) is 1. The number of thiazole rings is 1. The summed E-state index contributed by atoms with van der Waals surface area (Å²) >= 11 is 1.41. The van der Waals surface area contributed by atoms with Gasteiger partial charge in [0.2, 0.25) is 5.91 Å². The molecule has 4 rings (SSSR count). The smallest absolute Gasteiger partial charge is 0.275 e. The number of hydrogen-bond acceptors (Lipinski definition) is 6. The Hall–Kier alpha value is -3.59. The second-order valence-electron chi connectivity index (χ2n) is 5.89. The molecule has 0 aliphatic heterocycles. The zero-order valence-electron chi connectivity index (χ0n) is 14.2. The molecule has 0 aliphatic rings. The number of aromatic nitrogens is 4. The zero-order valence-corrected chi connectivity index (χ0v) is 15.0. The molecule has 0 atom stereocenters. The molecule has 2 amide bonds. The van der Waals surface area contributed by atoms with Gasteiger partial charge in [-0.15, -0.1) is 11.3 Å². The molecule has 27 heavy (non-hydrogen) atoms. The number of primary amides is 1. The quantitative estimate of drug-likeness (QED) is 0.503. The van der Waals surface area contributed by atoms with Gasteiger partial charge in [0.25, 0.3) is 5.91 Å². The fourth-order valence-corrected chi connectivity index (χ4v) is 3.30. The number of amides is 2. The minimum atomic E-state index is -0.556. The van der Waals surface area contributed by atoms with Crippen LogP contribution in [0.2, 0.25) is 0 Å².